The molecule has 1 amide bonds. The summed E-state index contributed by atoms with van der Waals surface area (Å²) in [6.07, 6.45) is 11.3. The fourth-order valence-corrected chi connectivity index (χ4v) is 3.04. The van der Waals surface area contributed by atoms with Crippen LogP contribution in [0.2, 0.25) is 0 Å². The first-order valence-electron chi connectivity index (χ1n) is 6.85. The average molecular weight is 236 g/mol. The number of hydrogen-bond acceptors (Lipinski definition) is 2. The van der Waals surface area contributed by atoms with Crippen LogP contribution in [-0.4, -0.2) is 30.4 Å². The van der Waals surface area contributed by atoms with Gasteiger partial charge >= 0.3 is 0 Å². The Balaban J connectivity index is 1.80. The Hall–Kier alpha value is -0.830. The highest BCUT2D eigenvalue weighted by molar-refractivity contribution is 5.81. The van der Waals surface area contributed by atoms with Gasteiger partial charge in [0.05, 0.1) is 5.92 Å². The van der Waals surface area contributed by atoms with Crippen molar-refractivity contribution in [3.8, 4) is 0 Å². The van der Waals surface area contributed by atoms with Crippen molar-refractivity contribution in [2.75, 3.05) is 13.6 Å². The van der Waals surface area contributed by atoms with Crippen molar-refractivity contribution in [3.05, 3.63) is 12.2 Å². The number of nitrogens with two attached hydrogens (primary N) is 1. The molecule has 2 aliphatic rings. The normalized spacial score (nSPS) is 29.5. The Bertz CT molecular complexity index is 295. The summed E-state index contributed by atoms with van der Waals surface area (Å²) in [7, 11) is 1.94. The molecule has 0 saturated heterocycles. The summed E-state index contributed by atoms with van der Waals surface area (Å²) >= 11 is 0. The predicted molar refractivity (Wildman–Crippen MR) is 69.4 cm³/mol. The highest BCUT2D eigenvalue weighted by atomic mass is 16.2. The van der Waals surface area contributed by atoms with Crippen LogP contribution in [-0.2, 0) is 4.79 Å². The molecule has 2 N–H and O–H groups in total. The zero-order valence-electron chi connectivity index (χ0n) is 10.8. The minimum Gasteiger partial charge on any atom is -0.345 e. The van der Waals surface area contributed by atoms with Gasteiger partial charge < -0.3 is 10.6 Å². The monoisotopic (exact) mass is 236 g/mol. The third-order valence-corrected chi connectivity index (χ3v) is 4.07. The summed E-state index contributed by atoms with van der Waals surface area (Å²) in [5.74, 6) is 0.995. The Kier molecular flexibility index (Phi) is 4.21. The lowest BCUT2D eigenvalue weighted by molar-refractivity contribution is -0.133. The number of carbonyl (C=O) groups excluding carboxylic acids is 1. The van der Waals surface area contributed by atoms with Gasteiger partial charge in [0.25, 0.3) is 0 Å². The van der Waals surface area contributed by atoms with Crippen molar-refractivity contribution in [1.82, 2.24) is 4.90 Å². The predicted octanol–water partition coefficient (Wildman–Crippen LogP) is 1.93. The van der Waals surface area contributed by atoms with E-state index in [1.54, 1.807) is 0 Å². The second-order valence-corrected chi connectivity index (χ2v) is 5.61. The van der Waals surface area contributed by atoms with E-state index in [-0.39, 0.29) is 17.9 Å². The van der Waals surface area contributed by atoms with Gasteiger partial charge in [0.2, 0.25) is 5.91 Å². The van der Waals surface area contributed by atoms with Crippen LogP contribution >= 0.6 is 0 Å². The maximum absolute atomic E-state index is 12.2. The van der Waals surface area contributed by atoms with Gasteiger partial charge in [0.1, 0.15) is 0 Å². The molecule has 2 aliphatic carbocycles. The SMILES string of the molecule is CN(CC1CCCCC1)C(=O)C1C=CC(N)C1. The van der Waals surface area contributed by atoms with Crippen LogP contribution in [0.3, 0.4) is 0 Å². The molecule has 96 valence electrons. The van der Waals surface area contributed by atoms with E-state index in [1.165, 1.54) is 32.1 Å². The quantitative estimate of drug-likeness (QED) is 0.761. The van der Waals surface area contributed by atoms with E-state index < -0.39 is 0 Å². The molecule has 3 nitrogen and oxygen atoms in total. The molecule has 0 aromatic heterocycles. The standard InChI is InChI=1S/C14H24N2O/c1-16(10-11-5-3-2-4-6-11)14(17)12-7-8-13(15)9-12/h7-8,11-13H,2-6,9-10,15H2,1H3. The third-order valence-electron chi connectivity index (χ3n) is 4.07. The molecule has 0 radical (unpaired) electrons. The summed E-state index contributed by atoms with van der Waals surface area (Å²) in [6, 6.07) is 0.0760. The number of rotatable bonds is 3. The molecular formula is C14H24N2O. The second-order valence-electron chi connectivity index (χ2n) is 5.61. The molecule has 1 saturated carbocycles. The maximum atomic E-state index is 12.2. The van der Waals surface area contributed by atoms with Crippen molar-refractivity contribution in [1.29, 1.82) is 0 Å². The lowest BCUT2D eigenvalue weighted by Crippen LogP contribution is -2.36. The number of hydrogen-bond donors (Lipinski definition) is 1. The first kappa shape index (κ1) is 12.6. The molecule has 17 heavy (non-hydrogen) atoms. The molecule has 0 spiro atoms. The van der Waals surface area contributed by atoms with Crippen molar-refractivity contribution < 1.29 is 4.79 Å². The fraction of sp³-hybridized carbons (Fsp3) is 0.786. The van der Waals surface area contributed by atoms with Crippen LogP contribution in [0.4, 0.5) is 0 Å². The lowest BCUT2D eigenvalue weighted by Gasteiger charge is -2.28. The van der Waals surface area contributed by atoms with Crippen molar-refractivity contribution in [3.63, 3.8) is 0 Å². The first-order valence-corrected chi connectivity index (χ1v) is 6.85. The van der Waals surface area contributed by atoms with Crippen LogP contribution < -0.4 is 5.73 Å². The summed E-state index contributed by atoms with van der Waals surface area (Å²) < 4.78 is 0. The number of nitrogens with zero attached hydrogens (tertiary/aromatic N) is 1. The van der Waals surface area contributed by atoms with Crippen molar-refractivity contribution in [2.45, 2.75) is 44.6 Å². The fourth-order valence-electron chi connectivity index (χ4n) is 3.04. The van der Waals surface area contributed by atoms with Crippen LogP contribution in [0.5, 0.6) is 0 Å². The van der Waals surface area contributed by atoms with Gasteiger partial charge in [-0.05, 0) is 25.2 Å². The first-order chi connectivity index (χ1) is 8.16. The molecule has 2 atom stereocenters. The highest BCUT2D eigenvalue weighted by Crippen LogP contribution is 2.25. The summed E-state index contributed by atoms with van der Waals surface area (Å²) in [4.78, 5) is 14.1. The smallest absolute Gasteiger partial charge is 0.229 e. The molecule has 0 bridgehead atoms. The van der Waals surface area contributed by atoms with Crippen LogP contribution in [0.1, 0.15) is 38.5 Å². The molecule has 0 aliphatic heterocycles. The van der Waals surface area contributed by atoms with E-state index >= 15 is 0 Å². The molecule has 3 heteroatoms. The number of carbonyl (C=O) groups is 1. The van der Waals surface area contributed by atoms with Gasteiger partial charge in [-0.1, -0.05) is 31.4 Å². The molecule has 2 rings (SSSR count). The third kappa shape index (κ3) is 3.32. The van der Waals surface area contributed by atoms with Crippen molar-refractivity contribution >= 4 is 5.91 Å². The highest BCUT2D eigenvalue weighted by Gasteiger charge is 2.26. The van der Waals surface area contributed by atoms with E-state index in [0.29, 0.717) is 0 Å². The Morgan fingerprint density at radius 3 is 2.59 bits per heavy atom. The van der Waals surface area contributed by atoms with Gasteiger partial charge in [-0.25, -0.2) is 0 Å². The molecule has 2 unspecified atom stereocenters. The van der Waals surface area contributed by atoms with E-state index in [1.807, 2.05) is 24.1 Å². The summed E-state index contributed by atoms with van der Waals surface area (Å²) in [6.45, 7) is 0.929. The molecule has 1 fully saturated rings. The molecule has 0 aromatic rings. The Morgan fingerprint density at radius 1 is 1.29 bits per heavy atom. The Morgan fingerprint density at radius 2 is 2.00 bits per heavy atom. The van der Waals surface area contributed by atoms with Crippen LogP contribution in [0, 0.1) is 11.8 Å². The molecular weight excluding hydrogens is 212 g/mol. The topological polar surface area (TPSA) is 46.3 Å². The largest absolute Gasteiger partial charge is 0.345 e. The molecule has 0 aromatic carbocycles. The van der Waals surface area contributed by atoms with Gasteiger partial charge in [0, 0.05) is 19.6 Å². The van der Waals surface area contributed by atoms with Gasteiger partial charge in [-0.2, -0.15) is 0 Å². The van der Waals surface area contributed by atoms with Gasteiger partial charge in [-0.15, -0.1) is 0 Å². The Labute approximate surface area is 104 Å². The van der Waals surface area contributed by atoms with Gasteiger partial charge in [0.15, 0.2) is 0 Å². The lowest BCUT2D eigenvalue weighted by atomic mass is 9.89. The summed E-state index contributed by atoms with van der Waals surface area (Å²) in [5, 5.41) is 0. The maximum Gasteiger partial charge on any atom is 0.229 e. The number of amides is 1. The van der Waals surface area contributed by atoms with Gasteiger partial charge in [-0.3, -0.25) is 4.79 Å². The zero-order valence-corrected chi connectivity index (χ0v) is 10.8. The van der Waals surface area contributed by atoms with Crippen LogP contribution in [0.25, 0.3) is 0 Å². The van der Waals surface area contributed by atoms with E-state index in [9.17, 15) is 4.79 Å². The van der Waals surface area contributed by atoms with Crippen LogP contribution in [0.15, 0.2) is 12.2 Å². The second kappa shape index (κ2) is 5.67. The average Bonchev–Trinajstić information content (AvgIpc) is 2.76. The van der Waals surface area contributed by atoms with E-state index in [2.05, 4.69) is 0 Å². The minimum absolute atomic E-state index is 0.0265. The minimum atomic E-state index is 0.0265. The van der Waals surface area contributed by atoms with E-state index in [0.717, 1.165) is 18.9 Å². The zero-order chi connectivity index (χ0) is 12.3. The summed E-state index contributed by atoms with van der Waals surface area (Å²) in [5.41, 5.74) is 5.79. The molecule has 0 heterocycles. The van der Waals surface area contributed by atoms with Crippen molar-refractivity contribution in [2.24, 2.45) is 17.6 Å². The van der Waals surface area contributed by atoms with E-state index in [4.69, 9.17) is 5.73 Å².